The van der Waals surface area contributed by atoms with Crippen LogP contribution in [0.1, 0.15) is 168 Å². The van der Waals surface area contributed by atoms with Crippen LogP contribution in [0.15, 0.2) is 72.8 Å². The van der Waals surface area contributed by atoms with Crippen LogP contribution in [-0.4, -0.2) is 85.3 Å². The maximum absolute atomic E-state index is 13.9. The normalized spacial score (nSPS) is 14.1. The van der Waals surface area contributed by atoms with Gasteiger partial charge in [0, 0.05) is 55.7 Å². The third kappa shape index (κ3) is 12.6. The zero-order valence-electron chi connectivity index (χ0n) is 51.4. The number of aryl methyl sites for hydroxylation is 8. The zero-order chi connectivity index (χ0) is 60.3. The Hall–Kier alpha value is -7.55. The molecule has 6 aromatic carbocycles. The number of ether oxygens (including phenoxy) is 2. The summed E-state index contributed by atoms with van der Waals surface area (Å²) in [6.45, 7) is 32.8. The molecule has 1 N–H and O–H groups in total. The molecule has 0 aliphatic carbocycles. The van der Waals surface area contributed by atoms with E-state index < -0.39 is 5.92 Å². The van der Waals surface area contributed by atoms with Gasteiger partial charge in [0.1, 0.15) is 11.0 Å². The number of benzene rings is 6. The average Bonchev–Trinajstić information content (AvgIpc) is 2.75. The van der Waals surface area contributed by atoms with E-state index in [0.717, 1.165) is 150 Å². The number of carbonyl (C=O) groups excluding carboxylic acids is 4. The van der Waals surface area contributed by atoms with Crippen molar-refractivity contribution in [2.45, 2.75) is 155 Å². The Kier molecular flexibility index (Phi) is 20.6. The summed E-state index contributed by atoms with van der Waals surface area (Å²) in [6, 6.07) is 25.7. The second-order valence-corrected chi connectivity index (χ2v) is 23.0. The highest BCUT2D eigenvalue weighted by Crippen LogP contribution is 2.40. The molecule has 0 unspecified atom stereocenters. The monoisotopic (exact) mass is 1160 g/mol. The highest BCUT2D eigenvalue weighted by Gasteiger charge is 2.34. The smallest absolute Gasteiger partial charge is 0.309 e. The number of methoxy groups -OCH3 is 2. The van der Waals surface area contributed by atoms with Gasteiger partial charge in [0.15, 0.2) is 0 Å². The van der Waals surface area contributed by atoms with Crippen molar-refractivity contribution in [3.8, 4) is 0 Å². The molecule has 0 bridgehead atoms. The molecule has 0 radical (unpaired) electrons. The quantitative estimate of drug-likeness (QED) is 0.0915. The van der Waals surface area contributed by atoms with Crippen molar-refractivity contribution in [2.24, 2.45) is 11.8 Å². The van der Waals surface area contributed by atoms with Crippen LogP contribution in [0.4, 0.5) is 0 Å². The number of hydrogen-bond donors (Lipinski definition) is 1. The van der Waals surface area contributed by atoms with E-state index in [2.05, 4.69) is 127 Å². The zero-order valence-corrected chi connectivity index (χ0v) is 52.1. The molecule has 444 valence electrons. The lowest BCUT2D eigenvalue weighted by molar-refractivity contribution is -0.146. The summed E-state index contributed by atoms with van der Waals surface area (Å²) in [7, 11) is 2.89. The van der Waals surface area contributed by atoms with Gasteiger partial charge in [-0.05, 0) is 226 Å². The van der Waals surface area contributed by atoms with E-state index in [-0.39, 0.29) is 48.3 Å². The Labute approximate surface area is 501 Å². The third-order valence-corrected chi connectivity index (χ3v) is 18.1. The van der Waals surface area contributed by atoms with Gasteiger partial charge in [-0.2, -0.15) is 0 Å². The fourth-order valence-electron chi connectivity index (χ4n) is 12.5. The molecule has 2 aliphatic heterocycles. The Morgan fingerprint density at radius 3 is 1.42 bits per heavy atom. The molecule has 14 nitrogen and oxygen atoms in total. The lowest BCUT2D eigenvalue weighted by atomic mass is 9.78. The molecule has 0 fully saturated rings. The van der Waals surface area contributed by atoms with Crippen molar-refractivity contribution in [2.75, 3.05) is 27.3 Å². The third-order valence-electron chi connectivity index (χ3n) is 17.9. The molecular weight excluding hydrogens is 1070 g/mol. The molecule has 84 heavy (non-hydrogen) atoms. The topological polar surface area (TPSA) is 163 Å². The molecule has 4 heterocycles. The van der Waals surface area contributed by atoms with Gasteiger partial charge >= 0.3 is 11.9 Å². The van der Waals surface area contributed by atoms with Crippen molar-refractivity contribution < 1.29 is 28.7 Å². The predicted molar refractivity (Wildman–Crippen MR) is 336 cm³/mol. The fraction of sp³-hybridized carbons (Fsp3) is 0.420. The van der Waals surface area contributed by atoms with Crippen LogP contribution in [0.5, 0.6) is 0 Å². The largest absolute Gasteiger partial charge is 0.469 e. The first-order chi connectivity index (χ1) is 39.6. The van der Waals surface area contributed by atoms with Crippen molar-refractivity contribution in [3.05, 3.63) is 184 Å². The van der Waals surface area contributed by atoms with Gasteiger partial charge < -0.3 is 19.7 Å². The molecule has 2 aliphatic rings. The Morgan fingerprint density at radius 1 is 0.560 bits per heavy atom. The number of nitrogens with zero attached hydrogens (tertiary/aromatic N) is 7. The summed E-state index contributed by atoms with van der Waals surface area (Å²) >= 11 is 5.52. The maximum atomic E-state index is 13.9. The van der Waals surface area contributed by atoms with Crippen LogP contribution < -0.4 is 5.32 Å². The number of amides is 1. The van der Waals surface area contributed by atoms with Crippen molar-refractivity contribution in [1.82, 2.24) is 40.2 Å². The van der Waals surface area contributed by atoms with Gasteiger partial charge in [0.25, 0.3) is 11.1 Å². The highest BCUT2D eigenvalue weighted by atomic mass is 35.5. The molecule has 10 rings (SSSR count). The second-order valence-electron chi connectivity index (χ2n) is 22.7. The minimum absolute atomic E-state index is 0. The van der Waals surface area contributed by atoms with Gasteiger partial charge in [-0.15, -0.1) is 10.2 Å². The molecular formula is C69H85ClN8O6. The van der Waals surface area contributed by atoms with Crippen LogP contribution in [0.2, 0.25) is 0 Å². The Balaban J connectivity index is 0.000000204. The summed E-state index contributed by atoms with van der Waals surface area (Å²) in [5, 5.41) is 20.5. The molecule has 0 saturated carbocycles. The predicted octanol–water partition coefficient (Wildman–Crippen LogP) is 13.4. The molecule has 1 amide bonds. The highest BCUT2D eigenvalue weighted by molar-refractivity contribution is 6.68. The van der Waals surface area contributed by atoms with Crippen LogP contribution in [0, 0.1) is 81.1 Å². The molecule has 0 spiro atoms. The molecule has 15 heteroatoms. The van der Waals surface area contributed by atoms with Gasteiger partial charge in [0.05, 0.1) is 37.1 Å². The summed E-state index contributed by atoms with van der Waals surface area (Å²) in [5.41, 5.74) is 25.3. The Bertz CT molecular complexity index is 3750. The van der Waals surface area contributed by atoms with E-state index in [4.69, 9.17) is 21.1 Å². The van der Waals surface area contributed by atoms with Crippen LogP contribution >= 0.6 is 11.6 Å². The number of fused-ring (bicyclic) bond motifs is 4. The van der Waals surface area contributed by atoms with E-state index in [0.29, 0.717) is 18.7 Å². The van der Waals surface area contributed by atoms with Gasteiger partial charge in [0.2, 0.25) is 0 Å². The first-order valence-electron chi connectivity index (χ1n) is 29.0. The van der Waals surface area contributed by atoms with Crippen LogP contribution in [0.3, 0.4) is 0 Å². The number of rotatable bonds is 12. The minimum atomic E-state index is -0.419. The summed E-state index contributed by atoms with van der Waals surface area (Å²) in [5.74, 6) is -1.46. The van der Waals surface area contributed by atoms with E-state index >= 15 is 0 Å². The molecule has 8 aromatic rings. The SMILES string of the molecule is C.CCn1nnc2c(C)c([C@H](c3ccc4c(c3)CN(C(=O)c3c(C)c(C)cc(C)c3C)CC4)[C@@H](C)C(=O)OC)ccc21.CCn1nnc2c(C)c([C@H](c3ccc4c(c3)CNCC4)[C@@H](C)C(=O)OC)ccc21.Cc1cc(C)c(C)c(C(=O)Cl)c1C. The van der Waals surface area contributed by atoms with E-state index in [1.165, 1.54) is 30.9 Å². The summed E-state index contributed by atoms with van der Waals surface area (Å²) in [6.07, 6.45) is 1.84. The molecule has 0 saturated heterocycles. The van der Waals surface area contributed by atoms with Crippen LogP contribution in [0.25, 0.3) is 22.1 Å². The average molecular weight is 1160 g/mol. The van der Waals surface area contributed by atoms with Crippen LogP contribution in [-0.2, 0) is 58.1 Å². The first kappa shape index (κ1) is 64.0. The Morgan fingerprint density at radius 2 is 0.988 bits per heavy atom. The maximum Gasteiger partial charge on any atom is 0.309 e. The van der Waals surface area contributed by atoms with Gasteiger partial charge in [-0.25, -0.2) is 9.36 Å². The molecule has 4 atom stereocenters. The second kappa shape index (κ2) is 27.0. The summed E-state index contributed by atoms with van der Waals surface area (Å²) in [4.78, 5) is 52.5. The molecule has 2 aromatic heterocycles. The fourth-order valence-corrected chi connectivity index (χ4v) is 12.8. The summed E-state index contributed by atoms with van der Waals surface area (Å²) < 4.78 is 14.1. The number of halogens is 1. The number of nitrogens with one attached hydrogen (secondary N) is 1. The van der Waals surface area contributed by atoms with Crippen molar-refractivity contribution in [1.29, 1.82) is 0 Å². The standard InChI is InChI=1S/C34H40N4O3.C23H28N4O2.C11H13ClO.CH4/c1-9-38-29-13-12-28(23(6)32(29)35-36-38)31(24(7)34(40)41-8)26-11-10-25-14-15-37(18-27(25)17-26)33(39)30-21(4)19(2)16-20(3)22(30)5;1-5-27-20-9-8-19(14(2)22(20)25-26-27)21(15(3)23(28)29-4)17-7-6-16-10-11-24-13-18(16)12-17;1-6-5-7(2)9(4)10(8(6)3)11(12)13;/h10-13,16-17,24,31H,9,14-15,18H2,1-8H3;6-9,12,15,21,24H,5,10-11,13H2,1-4H3;5H,1-4H3;1H4/t24-,31+;15-,21+;;/m11../s1. The van der Waals surface area contributed by atoms with E-state index in [9.17, 15) is 19.2 Å². The number of hydrogen-bond acceptors (Lipinski definition) is 11. The minimum Gasteiger partial charge on any atom is -0.469 e. The lowest BCUT2D eigenvalue weighted by Crippen LogP contribution is -2.37. The number of aromatic nitrogens is 6. The van der Waals surface area contributed by atoms with Crippen molar-refractivity contribution in [3.63, 3.8) is 0 Å². The van der Waals surface area contributed by atoms with Gasteiger partial charge in [-0.3, -0.25) is 19.2 Å². The number of esters is 2. The van der Waals surface area contributed by atoms with Crippen molar-refractivity contribution >= 4 is 56.8 Å². The van der Waals surface area contributed by atoms with Gasteiger partial charge in [-0.1, -0.05) is 92.4 Å². The number of carbonyl (C=O) groups is 4. The van der Waals surface area contributed by atoms with E-state index in [1.807, 2.05) is 82.6 Å². The van der Waals surface area contributed by atoms with E-state index in [1.54, 1.807) is 0 Å². The first-order valence-corrected chi connectivity index (χ1v) is 29.3. The lowest BCUT2D eigenvalue weighted by Gasteiger charge is -2.32.